The highest BCUT2D eigenvalue weighted by atomic mass is 16.5. The Labute approximate surface area is 169 Å². The van der Waals surface area contributed by atoms with Gasteiger partial charge in [-0.25, -0.2) is 0 Å². The predicted octanol–water partition coefficient (Wildman–Crippen LogP) is 4.01. The summed E-state index contributed by atoms with van der Waals surface area (Å²) in [6, 6.07) is 21.6. The molecule has 2 heterocycles. The van der Waals surface area contributed by atoms with Crippen LogP contribution in [0.4, 0.5) is 0 Å². The summed E-state index contributed by atoms with van der Waals surface area (Å²) in [7, 11) is 1.63. The van der Waals surface area contributed by atoms with Crippen molar-refractivity contribution in [2.45, 2.75) is 30.0 Å². The van der Waals surface area contributed by atoms with E-state index < -0.39 is 11.2 Å². The fraction of sp³-hybridized carbons (Fsp3) is 0.250. The van der Waals surface area contributed by atoms with Crippen LogP contribution in [0.1, 0.15) is 41.1 Å². The number of nitriles is 1. The van der Waals surface area contributed by atoms with Gasteiger partial charge in [-0.2, -0.15) is 5.26 Å². The fourth-order valence-electron chi connectivity index (χ4n) is 4.97. The number of aromatic nitrogens is 1. The predicted molar refractivity (Wildman–Crippen MR) is 107 cm³/mol. The van der Waals surface area contributed by atoms with E-state index in [-0.39, 0.29) is 5.92 Å². The number of hydrogen-bond donors (Lipinski definition) is 1. The smallest absolute Gasteiger partial charge is 0.175 e. The van der Waals surface area contributed by atoms with Gasteiger partial charge in [-0.05, 0) is 36.1 Å². The Morgan fingerprint density at radius 3 is 2.62 bits per heavy atom. The maximum Gasteiger partial charge on any atom is 0.175 e. The molecule has 1 aliphatic carbocycles. The number of methoxy groups -OCH3 is 1. The van der Waals surface area contributed by atoms with Gasteiger partial charge in [-0.1, -0.05) is 42.5 Å². The van der Waals surface area contributed by atoms with Crippen molar-refractivity contribution in [3.05, 3.63) is 89.2 Å². The number of nitrogens with zero attached hydrogens (tertiary/aromatic N) is 2. The lowest BCUT2D eigenvalue weighted by molar-refractivity contribution is -0.107. The number of rotatable bonds is 3. The summed E-state index contributed by atoms with van der Waals surface area (Å²) in [4.78, 5) is 4.45. The van der Waals surface area contributed by atoms with Crippen molar-refractivity contribution in [1.29, 1.82) is 5.26 Å². The molecule has 1 aromatic heterocycles. The van der Waals surface area contributed by atoms with Crippen molar-refractivity contribution < 1.29 is 14.6 Å². The summed E-state index contributed by atoms with van der Waals surface area (Å²) < 4.78 is 11.9. The number of hydrogen-bond acceptors (Lipinski definition) is 5. The summed E-state index contributed by atoms with van der Waals surface area (Å²) in [5, 5.41) is 21.3. The Balaban J connectivity index is 1.74. The van der Waals surface area contributed by atoms with Gasteiger partial charge in [-0.15, -0.1) is 0 Å². The fourth-order valence-corrected chi connectivity index (χ4v) is 4.97. The molecule has 0 spiro atoms. The Bertz CT molecular complexity index is 1110. The van der Waals surface area contributed by atoms with Gasteiger partial charge >= 0.3 is 0 Å². The Kier molecular flexibility index (Phi) is 3.87. The van der Waals surface area contributed by atoms with Crippen molar-refractivity contribution in [3.63, 3.8) is 0 Å². The van der Waals surface area contributed by atoms with Crippen LogP contribution in [0, 0.1) is 11.3 Å². The average molecular weight is 384 g/mol. The zero-order chi connectivity index (χ0) is 20.1. The van der Waals surface area contributed by atoms with Gasteiger partial charge in [0.15, 0.2) is 11.2 Å². The third-order valence-corrected chi connectivity index (χ3v) is 6.27. The van der Waals surface area contributed by atoms with Gasteiger partial charge < -0.3 is 14.6 Å². The third-order valence-electron chi connectivity index (χ3n) is 6.27. The molecule has 1 aliphatic heterocycles. The van der Waals surface area contributed by atoms with Crippen molar-refractivity contribution in [3.8, 4) is 17.6 Å². The molecule has 0 radical (unpaired) electrons. The molecule has 0 saturated heterocycles. The first kappa shape index (κ1) is 17.7. The van der Waals surface area contributed by atoms with Crippen LogP contribution in [0.2, 0.25) is 0 Å². The quantitative estimate of drug-likeness (QED) is 0.738. The van der Waals surface area contributed by atoms with Crippen LogP contribution in [-0.2, 0) is 11.2 Å². The highest BCUT2D eigenvalue weighted by Crippen LogP contribution is 2.66. The Morgan fingerprint density at radius 1 is 1.17 bits per heavy atom. The standard InChI is InChI=1S/C24H20N2O3/c1-28-19-9-7-18(8-10-19)24-20(17-5-3-2-4-6-17)11-12-23(24,27)22-21(29-24)13-16(14-25)15-26-22/h2-10,13,15,20,27H,11-12H2,1H3. The molecule has 5 rings (SSSR count). The van der Waals surface area contributed by atoms with Crippen molar-refractivity contribution in [1.82, 2.24) is 4.98 Å². The van der Waals surface area contributed by atoms with E-state index >= 15 is 0 Å². The highest BCUT2D eigenvalue weighted by molar-refractivity contribution is 5.53. The zero-order valence-electron chi connectivity index (χ0n) is 16.0. The molecule has 0 bridgehead atoms. The zero-order valence-corrected chi connectivity index (χ0v) is 16.0. The number of ether oxygens (including phenoxy) is 2. The minimum absolute atomic E-state index is 0.0677. The van der Waals surface area contributed by atoms with Gasteiger partial charge in [0.1, 0.15) is 23.3 Å². The molecule has 2 aliphatic rings. The minimum Gasteiger partial charge on any atom is -0.497 e. The van der Waals surface area contributed by atoms with Crippen molar-refractivity contribution >= 4 is 0 Å². The monoisotopic (exact) mass is 384 g/mol. The molecule has 1 saturated carbocycles. The number of fused-ring (bicyclic) bond motifs is 3. The van der Waals surface area contributed by atoms with E-state index in [1.165, 1.54) is 6.20 Å². The Hall–Kier alpha value is -3.36. The molecule has 29 heavy (non-hydrogen) atoms. The number of aliphatic hydroxyl groups is 1. The molecule has 3 atom stereocenters. The van der Waals surface area contributed by atoms with Crippen molar-refractivity contribution in [2.75, 3.05) is 7.11 Å². The topological polar surface area (TPSA) is 75.4 Å². The molecule has 5 heteroatoms. The second kappa shape index (κ2) is 6.33. The summed E-state index contributed by atoms with van der Waals surface area (Å²) in [5.74, 6) is 1.15. The SMILES string of the molecule is COc1ccc(C23Oc4cc(C#N)cnc4C2(O)CCC3c2ccccc2)cc1. The molecule has 1 N–H and O–H groups in total. The van der Waals surface area contributed by atoms with Gasteiger partial charge in [0.25, 0.3) is 0 Å². The second-order valence-corrected chi connectivity index (χ2v) is 7.61. The van der Waals surface area contributed by atoms with Gasteiger partial charge in [0.2, 0.25) is 0 Å². The minimum atomic E-state index is -1.29. The van der Waals surface area contributed by atoms with E-state index in [2.05, 4.69) is 23.2 Å². The molecular weight excluding hydrogens is 364 g/mol. The molecule has 1 fully saturated rings. The summed E-state index contributed by atoms with van der Waals surface area (Å²) in [6.45, 7) is 0. The lowest BCUT2D eigenvalue weighted by atomic mass is 9.73. The van der Waals surface area contributed by atoms with Crippen LogP contribution in [0.25, 0.3) is 0 Å². The van der Waals surface area contributed by atoms with Crippen LogP contribution in [0.5, 0.6) is 11.5 Å². The molecular formula is C24H20N2O3. The van der Waals surface area contributed by atoms with Crippen LogP contribution >= 0.6 is 0 Å². The van der Waals surface area contributed by atoms with Gasteiger partial charge in [-0.3, -0.25) is 4.98 Å². The van der Waals surface area contributed by atoms with Crippen molar-refractivity contribution in [2.24, 2.45) is 0 Å². The van der Waals surface area contributed by atoms with E-state index in [1.54, 1.807) is 13.2 Å². The maximum absolute atomic E-state index is 12.0. The first-order chi connectivity index (χ1) is 14.1. The van der Waals surface area contributed by atoms with E-state index in [0.29, 0.717) is 23.4 Å². The number of pyridine rings is 1. The average Bonchev–Trinajstić information content (AvgIpc) is 3.21. The van der Waals surface area contributed by atoms with E-state index in [1.807, 2.05) is 42.5 Å². The maximum atomic E-state index is 12.0. The lowest BCUT2D eigenvalue weighted by Crippen LogP contribution is -2.48. The molecule has 5 nitrogen and oxygen atoms in total. The van der Waals surface area contributed by atoms with E-state index in [4.69, 9.17) is 9.47 Å². The Morgan fingerprint density at radius 2 is 1.93 bits per heavy atom. The normalized spacial score (nSPS) is 26.9. The molecule has 2 aromatic carbocycles. The highest BCUT2D eigenvalue weighted by Gasteiger charge is 2.69. The molecule has 3 aromatic rings. The van der Waals surface area contributed by atoms with Crippen LogP contribution in [0.15, 0.2) is 66.9 Å². The van der Waals surface area contributed by atoms with Crippen LogP contribution in [-0.4, -0.2) is 17.2 Å². The largest absolute Gasteiger partial charge is 0.497 e. The van der Waals surface area contributed by atoms with E-state index in [0.717, 1.165) is 23.3 Å². The van der Waals surface area contributed by atoms with Gasteiger partial charge in [0.05, 0.1) is 12.7 Å². The van der Waals surface area contributed by atoms with Crippen LogP contribution < -0.4 is 9.47 Å². The molecule has 144 valence electrons. The first-order valence-corrected chi connectivity index (χ1v) is 9.64. The summed E-state index contributed by atoms with van der Waals surface area (Å²) >= 11 is 0. The van der Waals surface area contributed by atoms with Gasteiger partial charge in [0, 0.05) is 18.2 Å². The third kappa shape index (κ3) is 2.33. The number of benzene rings is 2. The summed E-state index contributed by atoms with van der Waals surface area (Å²) in [6.07, 6.45) is 2.78. The lowest BCUT2D eigenvalue weighted by Gasteiger charge is -2.39. The first-order valence-electron chi connectivity index (χ1n) is 9.64. The molecule has 0 amide bonds. The molecule has 3 unspecified atom stereocenters. The summed E-state index contributed by atoms with van der Waals surface area (Å²) in [5.41, 5.74) is 0.575. The van der Waals surface area contributed by atoms with E-state index in [9.17, 15) is 10.4 Å². The second-order valence-electron chi connectivity index (χ2n) is 7.61. The van der Waals surface area contributed by atoms with Crippen LogP contribution in [0.3, 0.4) is 0 Å².